The molecule has 1 fully saturated rings. The van der Waals surface area contributed by atoms with E-state index in [0.717, 1.165) is 12.5 Å². The Morgan fingerprint density at radius 2 is 1.73 bits per heavy atom. The van der Waals surface area contributed by atoms with Crippen LogP contribution in [0.5, 0.6) is 0 Å². The minimum atomic E-state index is -3.63. The summed E-state index contributed by atoms with van der Waals surface area (Å²) in [5.74, 6) is 1.38. The van der Waals surface area contributed by atoms with Gasteiger partial charge >= 0.3 is 29.6 Å². The predicted molar refractivity (Wildman–Crippen MR) is 100 cm³/mol. The first-order chi connectivity index (χ1) is 11.6. The Kier molecular flexibility index (Phi) is 19.1. The zero-order valence-electron chi connectivity index (χ0n) is 18.6. The van der Waals surface area contributed by atoms with E-state index in [-0.39, 0.29) is 67.1 Å². The number of fused-ring (bicyclic) bond motifs is 3. The first kappa shape index (κ1) is 37.7. The molecule has 7 nitrogen and oxygen atoms in total. The van der Waals surface area contributed by atoms with Crippen molar-refractivity contribution in [3.63, 3.8) is 0 Å². The summed E-state index contributed by atoms with van der Waals surface area (Å²) in [6, 6.07) is 7.29. The molecular formula is C20H32MoNNaO6Si-6. The summed E-state index contributed by atoms with van der Waals surface area (Å²) in [6.07, 6.45) is 6.53. The number of aryl methyl sites for hydroxylation is 1. The van der Waals surface area contributed by atoms with Gasteiger partial charge in [-0.2, -0.15) is 0 Å². The summed E-state index contributed by atoms with van der Waals surface area (Å²) >= 11 is 0. The molecule has 1 aromatic rings. The van der Waals surface area contributed by atoms with Gasteiger partial charge in [-0.25, -0.2) is 0 Å². The number of nitrogens with two attached hydrogens (primary N) is 1. The molecule has 0 aromatic heterocycles. The van der Waals surface area contributed by atoms with Crippen LogP contribution in [0.25, 0.3) is 0 Å². The molecule has 0 aliphatic heterocycles. The van der Waals surface area contributed by atoms with E-state index in [2.05, 4.69) is 45.9 Å². The predicted octanol–water partition coefficient (Wildman–Crippen LogP) is -1.51. The fourth-order valence-electron chi connectivity index (χ4n) is 5.25. The first-order valence-corrected chi connectivity index (χ1v) is 10.6. The second-order valence-corrected chi connectivity index (χ2v) is 9.04. The van der Waals surface area contributed by atoms with Gasteiger partial charge < -0.3 is 36.2 Å². The molecule has 2 aliphatic rings. The van der Waals surface area contributed by atoms with E-state index in [0.29, 0.717) is 16.7 Å². The van der Waals surface area contributed by atoms with Crippen molar-refractivity contribution in [3.05, 3.63) is 34.9 Å². The van der Waals surface area contributed by atoms with E-state index >= 15 is 0 Å². The van der Waals surface area contributed by atoms with Crippen LogP contribution in [0.3, 0.4) is 0 Å². The third-order valence-electron chi connectivity index (χ3n) is 6.63. The number of benzene rings is 1. The van der Waals surface area contributed by atoms with E-state index in [1.165, 1.54) is 37.7 Å². The maximum atomic E-state index is 8.52. The van der Waals surface area contributed by atoms with Crippen LogP contribution < -0.4 is 44.9 Å². The van der Waals surface area contributed by atoms with Gasteiger partial charge in [0.25, 0.3) is 0 Å². The smallest absolute Gasteiger partial charge is 1.00 e. The molecule has 30 heavy (non-hydrogen) atoms. The van der Waals surface area contributed by atoms with Gasteiger partial charge in [-0.1, -0.05) is 52.3 Å². The third-order valence-corrected chi connectivity index (χ3v) is 6.63. The minimum absolute atomic E-state index is 0. The number of hydrogen-bond acceptors (Lipinski definition) is 5. The molecule has 3 rings (SSSR count). The normalized spacial score (nSPS) is 25.6. The van der Waals surface area contributed by atoms with Crippen LogP contribution in [-0.2, 0) is 48.3 Å². The van der Waals surface area contributed by atoms with Crippen LogP contribution >= 0.6 is 0 Å². The van der Waals surface area contributed by atoms with Crippen LogP contribution in [0.4, 0.5) is 0 Å². The van der Waals surface area contributed by atoms with Crippen LogP contribution in [0.1, 0.15) is 76.0 Å². The van der Waals surface area contributed by atoms with Gasteiger partial charge in [-0.3, -0.25) is 0 Å². The van der Waals surface area contributed by atoms with Gasteiger partial charge in [-0.05, 0) is 71.6 Å². The maximum Gasteiger partial charge on any atom is 1.00 e. The van der Waals surface area contributed by atoms with E-state index < -0.39 is 9.17 Å². The zero-order valence-corrected chi connectivity index (χ0v) is 23.6. The molecule has 1 saturated carbocycles. The van der Waals surface area contributed by atoms with Crippen LogP contribution in [0.2, 0.25) is 0 Å². The van der Waals surface area contributed by atoms with Crippen LogP contribution in [-0.4, -0.2) is 21.2 Å². The quantitative estimate of drug-likeness (QED) is 0.457. The molecule has 0 heterocycles. The average Bonchev–Trinajstić information content (AvgIpc) is 2.53. The summed E-state index contributed by atoms with van der Waals surface area (Å²) < 4.78 is 8.52. The maximum absolute atomic E-state index is 8.52. The van der Waals surface area contributed by atoms with Crippen molar-refractivity contribution in [1.29, 1.82) is 0 Å². The second-order valence-electron chi connectivity index (χ2n) is 8.54. The molecule has 1 aromatic carbocycles. The number of hydrogen-bond donors (Lipinski definition) is 1. The topological polar surface area (TPSA) is 176 Å². The SMILES string of the molecule is CC(C)c1ccc2c(c1)CC[C@H]1[C@](C)(CN)CCC[C@]21C.O=[Si]([O-])[O-].[Mo].[Na+].[O-2].[O-2].[OH-]. The fourth-order valence-corrected chi connectivity index (χ4v) is 5.25. The fraction of sp³-hybridized carbons (Fsp3) is 0.700. The first-order valence-electron chi connectivity index (χ1n) is 9.35. The van der Waals surface area contributed by atoms with Crippen molar-refractivity contribution >= 4 is 9.17 Å². The zero-order chi connectivity index (χ0) is 18.8. The van der Waals surface area contributed by atoms with Gasteiger partial charge in [0, 0.05) is 30.2 Å². The van der Waals surface area contributed by atoms with E-state index in [9.17, 15) is 0 Å². The van der Waals surface area contributed by atoms with Gasteiger partial charge in [0.1, 0.15) is 0 Å². The van der Waals surface area contributed by atoms with Crippen molar-refractivity contribution in [2.75, 3.05) is 6.54 Å². The van der Waals surface area contributed by atoms with Gasteiger partial charge in [0.2, 0.25) is 0 Å². The van der Waals surface area contributed by atoms with Crippen molar-refractivity contribution in [3.8, 4) is 0 Å². The summed E-state index contributed by atoms with van der Waals surface area (Å²) in [7, 11) is -3.63. The van der Waals surface area contributed by atoms with Crippen LogP contribution in [0, 0.1) is 11.3 Å². The number of rotatable bonds is 2. The molecule has 0 saturated heterocycles. The Hall–Kier alpha value is 0.365. The Balaban J connectivity index is -0.000000347. The Morgan fingerprint density at radius 3 is 2.20 bits per heavy atom. The molecular weight excluding hydrogens is 497 g/mol. The second kappa shape index (κ2) is 15.2. The molecule has 0 radical (unpaired) electrons. The minimum Gasteiger partial charge on any atom is -2.00 e. The molecule has 0 amide bonds. The summed E-state index contributed by atoms with van der Waals surface area (Å²) in [5.41, 5.74) is 11.6. The molecule has 0 bridgehead atoms. The molecule has 2 aliphatic carbocycles. The van der Waals surface area contributed by atoms with Gasteiger partial charge in [0.15, 0.2) is 0 Å². The monoisotopic (exact) mass is 531 g/mol. The molecule has 0 unspecified atom stereocenters. The third kappa shape index (κ3) is 8.05. The van der Waals surface area contributed by atoms with Crippen molar-refractivity contribution in [1.82, 2.24) is 0 Å². The average molecular weight is 529 g/mol. The molecule has 3 N–H and O–H groups in total. The van der Waals surface area contributed by atoms with Gasteiger partial charge in [0.05, 0.1) is 0 Å². The standard InChI is InChI=1S/C20H31N.Mo.Na.O3Si.H2O.2O/c1-14(2)15-6-8-17-16(12-15)7-9-18-19(3,13-21)10-5-11-20(17,18)4;;;1-4(2)3;;;/h6,8,12,14,18H,5,7,9-11,13,21H2,1-4H3;;;;1H2;;/q;;+1;-2;;2*-2/p-1/t18-,19-,20+;;;;;;/m0....../s1. The molecule has 3 atom stereocenters. The molecule has 0 spiro atoms. The van der Waals surface area contributed by atoms with Crippen molar-refractivity contribution in [2.24, 2.45) is 17.1 Å². The van der Waals surface area contributed by atoms with Gasteiger partial charge in [-0.15, -0.1) is 0 Å². The van der Waals surface area contributed by atoms with Crippen molar-refractivity contribution in [2.45, 2.75) is 71.1 Å². The molecule has 10 heteroatoms. The Labute approximate surface area is 218 Å². The summed E-state index contributed by atoms with van der Waals surface area (Å²) in [6.45, 7) is 10.4. The van der Waals surface area contributed by atoms with Crippen molar-refractivity contribution < 1.29 is 81.1 Å². The molecule has 170 valence electrons. The largest absolute Gasteiger partial charge is 2.00 e. The Morgan fingerprint density at radius 1 is 1.20 bits per heavy atom. The van der Waals surface area contributed by atoms with Crippen LogP contribution in [0.15, 0.2) is 18.2 Å². The summed E-state index contributed by atoms with van der Waals surface area (Å²) in [5, 5.41) is 0. The van der Waals surface area contributed by atoms with E-state index in [1.807, 2.05) is 0 Å². The van der Waals surface area contributed by atoms with E-state index in [4.69, 9.17) is 19.8 Å². The van der Waals surface area contributed by atoms with E-state index in [1.54, 1.807) is 11.1 Å². The Bertz CT molecular complexity index is 650. The summed E-state index contributed by atoms with van der Waals surface area (Å²) in [4.78, 5) is 17.0.